The second-order valence-corrected chi connectivity index (χ2v) is 6.63. The largest absolute Gasteiger partial charge is 0.451 e. The molecule has 0 saturated carbocycles. The molecule has 0 atom stereocenters. The van der Waals surface area contributed by atoms with Crippen molar-refractivity contribution in [2.75, 3.05) is 5.32 Å². The van der Waals surface area contributed by atoms with Crippen LogP contribution in [-0.4, -0.2) is 11.0 Å². The van der Waals surface area contributed by atoms with Crippen LogP contribution in [0.5, 0.6) is 0 Å². The number of alkyl halides is 3. The number of hydrogen-bond donors (Lipinski definition) is 3. The Morgan fingerprint density at radius 2 is 1.72 bits per heavy atom. The summed E-state index contributed by atoms with van der Waals surface area (Å²) in [6.45, 7) is 0. The molecule has 150 valence electrons. The van der Waals surface area contributed by atoms with E-state index in [1.807, 2.05) is 0 Å². The van der Waals surface area contributed by atoms with Crippen molar-refractivity contribution in [2.24, 2.45) is 0 Å². The van der Waals surface area contributed by atoms with E-state index in [1.54, 1.807) is 24.3 Å². The first-order valence-corrected chi connectivity index (χ1v) is 8.91. The van der Waals surface area contributed by atoms with Gasteiger partial charge in [0.25, 0.3) is 0 Å². The molecule has 2 aromatic carbocycles. The predicted octanol–water partition coefficient (Wildman–Crippen LogP) is 5.25. The zero-order chi connectivity index (χ0) is 21.0. The molecule has 1 amide bonds. The lowest BCUT2D eigenvalue weighted by molar-refractivity contribution is -0.137. The number of benzene rings is 2. The highest BCUT2D eigenvalue weighted by Gasteiger charge is 2.30. The summed E-state index contributed by atoms with van der Waals surface area (Å²) in [7, 11) is 0. The molecule has 0 unspecified atom stereocenters. The molecule has 0 aliphatic carbocycles. The Hall–Kier alpha value is -3.04. The van der Waals surface area contributed by atoms with Crippen LogP contribution in [0.15, 0.2) is 65.1 Å². The van der Waals surface area contributed by atoms with Gasteiger partial charge in [0.2, 0.25) is 0 Å². The first-order chi connectivity index (χ1) is 13.7. The summed E-state index contributed by atoms with van der Waals surface area (Å²) in [5.41, 5.74) is 4.89. The maximum absolute atomic E-state index is 12.8. The van der Waals surface area contributed by atoms with E-state index in [-0.39, 0.29) is 22.2 Å². The number of hydrogen-bond acceptors (Lipinski definition) is 3. The third-order valence-corrected chi connectivity index (χ3v) is 4.15. The second kappa shape index (κ2) is 8.54. The summed E-state index contributed by atoms with van der Waals surface area (Å²) in [4.78, 5) is 12.2. The van der Waals surface area contributed by atoms with Gasteiger partial charge in [-0.15, -0.1) is 0 Å². The fourth-order valence-electron chi connectivity index (χ4n) is 2.33. The molecule has 0 saturated heterocycles. The van der Waals surface area contributed by atoms with Crippen molar-refractivity contribution in [1.82, 2.24) is 10.9 Å². The average Bonchev–Trinajstić information content (AvgIpc) is 3.18. The molecular formula is C19H13ClF3N3O2S. The average molecular weight is 440 g/mol. The standard InChI is InChI=1S/C19H13ClF3N3O2S/c20-13-4-6-14(7-5-13)24-18(29)26-25-17(27)16-9-8-15(28-16)11-2-1-3-12(10-11)19(21,22)23/h1-10H,(H,25,27)(H2,24,26,29). The highest BCUT2D eigenvalue weighted by molar-refractivity contribution is 7.80. The zero-order valence-corrected chi connectivity index (χ0v) is 16.1. The van der Waals surface area contributed by atoms with E-state index in [0.29, 0.717) is 10.7 Å². The Morgan fingerprint density at radius 3 is 2.41 bits per heavy atom. The number of amides is 1. The van der Waals surface area contributed by atoms with Crippen molar-refractivity contribution >= 4 is 40.5 Å². The third kappa shape index (κ3) is 5.49. The topological polar surface area (TPSA) is 66.3 Å². The van der Waals surface area contributed by atoms with Gasteiger partial charge in [0.15, 0.2) is 10.9 Å². The fourth-order valence-corrected chi connectivity index (χ4v) is 2.63. The van der Waals surface area contributed by atoms with Gasteiger partial charge in [-0.2, -0.15) is 13.2 Å². The van der Waals surface area contributed by atoms with E-state index >= 15 is 0 Å². The number of thiocarbonyl (C=S) groups is 1. The monoisotopic (exact) mass is 439 g/mol. The first-order valence-electron chi connectivity index (χ1n) is 8.13. The lowest BCUT2D eigenvalue weighted by Gasteiger charge is -2.10. The smallest absolute Gasteiger partial charge is 0.416 e. The van der Waals surface area contributed by atoms with Crippen LogP contribution in [-0.2, 0) is 6.18 Å². The number of hydrazine groups is 1. The Labute approximate surface area is 173 Å². The lowest BCUT2D eigenvalue weighted by atomic mass is 10.1. The Kier molecular flexibility index (Phi) is 6.09. The Morgan fingerprint density at radius 1 is 1.00 bits per heavy atom. The van der Waals surface area contributed by atoms with E-state index in [9.17, 15) is 18.0 Å². The summed E-state index contributed by atoms with van der Waals surface area (Å²) in [6, 6.07) is 14.1. The SMILES string of the molecule is O=C(NNC(=S)Nc1ccc(Cl)cc1)c1ccc(-c2cccc(C(F)(F)F)c2)o1. The van der Waals surface area contributed by atoms with Gasteiger partial charge < -0.3 is 9.73 Å². The third-order valence-electron chi connectivity index (χ3n) is 3.70. The number of carbonyl (C=O) groups excluding carboxylic acids is 1. The van der Waals surface area contributed by atoms with Crippen LogP contribution in [0.3, 0.4) is 0 Å². The van der Waals surface area contributed by atoms with Crippen molar-refractivity contribution in [3.63, 3.8) is 0 Å². The molecule has 0 fully saturated rings. The minimum atomic E-state index is -4.47. The molecule has 10 heteroatoms. The molecular weight excluding hydrogens is 427 g/mol. The molecule has 1 heterocycles. The van der Waals surface area contributed by atoms with Crippen molar-refractivity contribution in [3.8, 4) is 11.3 Å². The van der Waals surface area contributed by atoms with Crippen LogP contribution in [0.4, 0.5) is 18.9 Å². The van der Waals surface area contributed by atoms with Gasteiger partial charge in [-0.25, -0.2) is 0 Å². The van der Waals surface area contributed by atoms with Crippen LogP contribution in [0.1, 0.15) is 16.1 Å². The maximum Gasteiger partial charge on any atom is 0.416 e. The first kappa shape index (κ1) is 20.7. The minimum absolute atomic E-state index is 0.0980. The van der Waals surface area contributed by atoms with Gasteiger partial charge >= 0.3 is 12.1 Å². The van der Waals surface area contributed by atoms with Gasteiger partial charge in [-0.1, -0.05) is 23.7 Å². The van der Waals surface area contributed by atoms with Crippen LogP contribution in [0.25, 0.3) is 11.3 Å². The summed E-state index contributed by atoms with van der Waals surface area (Å²) in [5.74, 6) is -0.620. The number of nitrogens with one attached hydrogen (secondary N) is 3. The lowest BCUT2D eigenvalue weighted by Crippen LogP contribution is -2.43. The number of furan rings is 1. The maximum atomic E-state index is 12.8. The summed E-state index contributed by atoms with van der Waals surface area (Å²) in [6.07, 6.45) is -4.47. The van der Waals surface area contributed by atoms with Crippen LogP contribution < -0.4 is 16.2 Å². The van der Waals surface area contributed by atoms with Gasteiger partial charge in [-0.05, 0) is 60.7 Å². The highest BCUT2D eigenvalue weighted by Crippen LogP contribution is 2.32. The van der Waals surface area contributed by atoms with Crippen molar-refractivity contribution in [3.05, 3.63) is 77.0 Å². The molecule has 3 aromatic rings. The van der Waals surface area contributed by atoms with Crippen LogP contribution >= 0.6 is 23.8 Å². The predicted molar refractivity (Wildman–Crippen MR) is 107 cm³/mol. The van der Waals surface area contributed by atoms with E-state index in [2.05, 4.69) is 16.2 Å². The van der Waals surface area contributed by atoms with Crippen LogP contribution in [0, 0.1) is 0 Å². The molecule has 0 spiro atoms. The number of rotatable bonds is 3. The molecule has 3 N–H and O–H groups in total. The molecule has 3 rings (SSSR count). The van der Waals surface area contributed by atoms with Gasteiger partial charge in [0.1, 0.15) is 5.76 Å². The zero-order valence-electron chi connectivity index (χ0n) is 14.5. The fraction of sp³-hybridized carbons (Fsp3) is 0.0526. The molecule has 29 heavy (non-hydrogen) atoms. The van der Waals surface area contributed by atoms with Crippen molar-refractivity contribution in [2.45, 2.75) is 6.18 Å². The molecule has 0 aliphatic heterocycles. The van der Waals surface area contributed by atoms with Gasteiger partial charge in [-0.3, -0.25) is 15.6 Å². The van der Waals surface area contributed by atoms with E-state index in [4.69, 9.17) is 28.2 Å². The quantitative estimate of drug-likeness (QED) is 0.384. The normalized spacial score (nSPS) is 11.0. The number of halogens is 4. The molecule has 0 aliphatic rings. The Balaban J connectivity index is 1.61. The molecule has 0 bridgehead atoms. The van der Waals surface area contributed by atoms with Gasteiger partial charge in [0.05, 0.1) is 5.56 Å². The summed E-state index contributed by atoms with van der Waals surface area (Å²) >= 11 is 10.9. The number of anilines is 1. The second-order valence-electron chi connectivity index (χ2n) is 5.78. The van der Waals surface area contributed by atoms with E-state index in [0.717, 1.165) is 12.1 Å². The molecule has 5 nitrogen and oxygen atoms in total. The highest BCUT2D eigenvalue weighted by atomic mass is 35.5. The van der Waals surface area contributed by atoms with Crippen molar-refractivity contribution < 1.29 is 22.4 Å². The molecule has 0 radical (unpaired) electrons. The van der Waals surface area contributed by atoms with Gasteiger partial charge in [0, 0.05) is 16.3 Å². The number of carbonyl (C=O) groups is 1. The summed E-state index contributed by atoms with van der Waals surface area (Å²) < 4.78 is 43.9. The minimum Gasteiger partial charge on any atom is -0.451 e. The van der Waals surface area contributed by atoms with Crippen LogP contribution in [0.2, 0.25) is 5.02 Å². The Bertz CT molecular complexity index is 1040. The van der Waals surface area contributed by atoms with E-state index < -0.39 is 17.6 Å². The summed E-state index contributed by atoms with van der Waals surface area (Å²) in [5, 5.41) is 3.52. The molecule has 1 aromatic heterocycles. The van der Waals surface area contributed by atoms with E-state index in [1.165, 1.54) is 24.3 Å². The van der Waals surface area contributed by atoms with Crippen molar-refractivity contribution in [1.29, 1.82) is 0 Å².